The van der Waals surface area contributed by atoms with Crippen LogP contribution in [-0.2, 0) is 0 Å². The van der Waals surface area contributed by atoms with Crippen LogP contribution in [0.25, 0.3) is 11.2 Å². The number of nitrogens with zero attached hydrogens (tertiary/aromatic N) is 3. The van der Waals surface area contributed by atoms with Crippen LogP contribution in [0.3, 0.4) is 0 Å². The number of aromatic nitrogens is 3. The van der Waals surface area contributed by atoms with Crippen LogP contribution in [0.2, 0.25) is 0 Å². The zero-order valence-electron chi connectivity index (χ0n) is 11.1. The summed E-state index contributed by atoms with van der Waals surface area (Å²) in [7, 11) is 0. The molecule has 2 bridgehead atoms. The number of halogens is 1. The van der Waals surface area contributed by atoms with Crippen LogP contribution in [0.1, 0.15) is 49.9 Å². The predicted molar refractivity (Wildman–Crippen MR) is 76.3 cm³/mol. The molecule has 4 atom stereocenters. The van der Waals surface area contributed by atoms with Crippen molar-refractivity contribution < 1.29 is 0 Å². The normalized spacial score (nSPS) is 31.2. The van der Waals surface area contributed by atoms with Crippen LogP contribution in [0.4, 0.5) is 0 Å². The fourth-order valence-corrected chi connectivity index (χ4v) is 4.24. The van der Waals surface area contributed by atoms with E-state index in [1.807, 2.05) is 25.3 Å². The van der Waals surface area contributed by atoms with Gasteiger partial charge in [-0.2, -0.15) is 0 Å². The molecule has 2 heterocycles. The molecule has 3 nitrogen and oxygen atoms in total. The fourth-order valence-electron chi connectivity index (χ4n) is 4.08. The summed E-state index contributed by atoms with van der Waals surface area (Å²) in [5, 5.41) is -0.0617. The van der Waals surface area contributed by atoms with Gasteiger partial charge in [0.1, 0.15) is 11.3 Å². The predicted octanol–water partition coefficient (Wildman–Crippen LogP) is 4.09. The third-order valence-corrected chi connectivity index (χ3v) is 5.06. The SMILES string of the molecule is CC(Cl)c1nc2cccnc2n1C1CC2CCC1C2. The lowest BCUT2D eigenvalue weighted by Gasteiger charge is -2.25. The second-order valence-electron chi connectivity index (χ2n) is 6.04. The lowest BCUT2D eigenvalue weighted by Crippen LogP contribution is -2.19. The van der Waals surface area contributed by atoms with Gasteiger partial charge in [-0.25, -0.2) is 9.97 Å². The first-order valence-corrected chi connectivity index (χ1v) is 7.64. The highest BCUT2D eigenvalue weighted by Crippen LogP contribution is 2.52. The molecule has 0 spiro atoms. The first kappa shape index (κ1) is 11.7. The minimum Gasteiger partial charge on any atom is -0.308 e. The molecule has 2 fully saturated rings. The quantitative estimate of drug-likeness (QED) is 0.773. The topological polar surface area (TPSA) is 30.7 Å². The lowest BCUT2D eigenvalue weighted by molar-refractivity contribution is 0.328. The van der Waals surface area contributed by atoms with Gasteiger partial charge in [0.05, 0.1) is 5.38 Å². The Morgan fingerprint density at radius 2 is 2.26 bits per heavy atom. The van der Waals surface area contributed by atoms with Crippen molar-refractivity contribution in [1.29, 1.82) is 0 Å². The lowest BCUT2D eigenvalue weighted by atomic mass is 9.95. The van der Waals surface area contributed by atoms with Gasteiger partial charge in [-0.15, -0.1) is 11.6 Å². The van der Waals surface area contributed by atoms with Crippen LogP contribution < -0.4 is 0 Å². The molecule has 2 aliphatic carbocycles. The van der Waals surface area contributed by atoms with Crippen molar-refractivity contribution in [1.82, 2.24) is 14.5 Å². The van der Waals surface area contributed by atoms with Gasteiger partial charge in [-0.1, -0.05) is 6.42 Å². The van der Waals surface area contributed by atoms with Gasteiger partial charge in [0, 0.05) is 12.2 Å². The molecule has 2 aromatic rings. The summed E-state index contributed by atoms with van der Waals surface area (Å²) < 4.78 is 2.34. The first-order chi connectivity index (χ1) is 9.24. The van der Waals surface area contributed by atoms with Gasteiger partial charge >= 0.3 is 0 Å². The van der Waals surface area contributed by atoms with E-state index in [9.17, 15) is 0 Å². The number of imidazole rings is 1. The van der Waals surface area contributed by atoms with E-state index in [-0.39, 0.29) is 5.38 Å². The average molecular weight is 276 g/mol. The maximum Gasteiger partial charge on any atom is 0.160 e. The number of fused-ring (bicyclic) bond motifs is 3. The van der Waals surface area contributed by atoms with Crippen molar-refractivity contribution in [2.45, 2.75) is 44.0 Å². The van der Waals surface area contributed by atoms with E-state index >= 15 is 0 Å². The number of rotatable bonds is 2. The Hall–Kier alpha value is -1.09. The van der Waals surface area contributed by atoms with Gasteiger partial charge in [0.25, 0.3) is 0 Å². The van der Waals surface area contributed by atoms with E-state index in [0.29, 0.717) is 6.04 Å². The smallest absolute Gasteiger partial charge is 0.160 e. The summed E-state index contributed by atoms with van der Waals surface area (Å²) in [5.41, 5.74) is 2.00. The third-order valence-electron chi connectivity index (χ3n) is 4.86. The molecule has 2 saturated carbocycles. The Morgan fingerprint density at radius 1 is 1.37 bits per heavy atom. The molecule has 4 heteroatoms. The second kappa shape index (κ2) is 4.20. The van der Waals surface area contributed by atoms with E-state index in [1.54, 1.807) is 0 Å². The monoisotopic (exact) mass is 275 g/mol. The second-order valence-corrected chi connectivity index (χ2v) is 6.70. The molecule has 0 aromatic carbocycles. The van der Waals surface area contributed by atoms with E-state index < -0.39 is 0 Å². The highest BCUT2D eigenvalue weighted by molar-refractivity contribution is 6.20. The Morgan fingerprint density at radius 3 is 2.95 bits per heavy atom. The minimum absolute atomic E-state index is 0.0617. The van der Waals surface area contributed by atoms with Crippen molar-refractivity contribution in [2.24, 2.45) is 11.8 Å². The summed E-state index contributed by atoms with van der Waals surface area (Å²) >= 11 is 6.35. The summed E-state index contributed by atoms with van der Waals surface area (Å²) in [6.45, 7) is 2.01. The maximum atomic E-state index is 6.35. The van der Waals surface area contributed by atoms with Crippen molar-refractivity contribution >= 4 is 22.8 Å². The van der Waals surface area contributed by atoms with Crippen LogP contribution in [0.5, 0.6) is 0 Å². The van der Waals surface area contributed by atoms with Gasteiger partial charge in [0.2, 0.25) is 0 Å². The molecule has 0 N–H and O–H groups in total. The van der Waals surface area contributed by atoms with Crippen molar-refractivity contribution in [3.05, 3.63) is 24.2 Å². The standard InChI is InChI=1S/C15H18ClN3/c1-9(16)14-18-12-3-2-6-17-15(12)19(14)13-8-10-4-5-11(13)7-10/h2-3,6,9-11,13H,4-5,7-8H2,1H3. The summed E-state index contributed by atoms with van der Waals surface area (Å²) in [5.74, 6) is 2.71. The summed E-state index contributed by atoms with van der Waals surface area (Å²) in [6, 6.07) is 4.55. The molecule has 19 heavy (non-hydrogen) atoms. The highest BCUT2D eigenvalue weighted by atomic mass is 35.5. The van der Waals surface area contributed by atoms with Crippen LogP contribution >= 0.6 is 11.6 Å². The van der Waals surface area contributed by atoms with Crippen LogP contribution in [0, 0.1) is 11.8 Å². The Labute approximate surface area is 118 Å². The Balaban J connectivity index is 1.89. The fraction of sp³-hybridized carbons (Fsp3) is 0.600. The van der Waals surface area contributed by atoms with Crippen LogP contribution in [0.15, 0.2) is 18.3 Å². The largest absolute Gasteiger partial charge is 0.308 e. The molecule has 2 aromatic heterocycles. The molecule has 0 saturated heterocycles. The number of pyridine rings is 1. The molecule has 2 aliphatic rings. The van der Waals surface area contributed by atoms with E-state index in [2.05, 4.69) is 9.55 Å². The van der Waals surface area contributed by atoms with Crippen molar-refractivity contribution in [2.75, 3.05) is 0 Å². The third kappa shape index (κ3) is 1.71. The first-order valence-electron chi connectivity index (χ1n) is 7.21. The Bertz CT molecular complexity index is 619. The van der Waals surface area contributed by atoms with Crippen molar-refractivity contribution in [3.63, 3.8) is 0 Å². The zero-order chi connectivity index (χ0) is 13.0. The Kier molecular flexibility index (Phi) is 2.59. The highest BCUT2D eigenvalue weighted by Gasteiger charge is 2.42. The number of hydrogen-bond donors (Lipinski definition) is 0. The summed E-state index contributed by atoms with van der Waals surface area (Å²) in [6.07, 6.45) is 7.29. The van der Waals surface area contributed by atoms with Gasteiger partial charge in [-0.05, 0) is 50.2 Å². The molecule has 100 valence electrons. The molecule has 0 amide bonds. The molecular formula is C15H18ClN3. The molecule has 4 rings (SSSR count). The maximum absolute atomic E-state index is 6.35. The molecule has 4 unspecified atom stereocenters. The molecule has 0 aliphatic heterocycles. The summed E-state index contributed by atoms with van der Waals surface area (Å²) in [4.78, 5) is 9.26. The van der Waals surface area contributed by atoms with E-state index in [1.165, 1.54) is 25.7 Å². The van der Waals surface area contributed by atoms with Gasteiger partial charge < -0.3 is 4.57 Å². The van der Waals surface area contributed by atoms with Crippen LogP contribution in [-0.4, -0.2) is 14.5 Å². The average Bonchev–Trinajstić information content (AvgIpc) is 3.10. The number of hydrogen-bond acceptors (Lipinski definition) is 2. The number of alkyl halides is 1. The van der Waals surface area contributed by atoms with Crippen molar-refractivity contribution in [3.8, 4) is 0 Å². The van der Waals surface area contributed by atoms with E-state index in [0.717, 1.165) is 28.8 Å². The molecule has 0 radical (unpaired) electrons. The van der Waals surface area contributed by atoms with E-state index in [4.69, 9.17) is 16.6 Å². The van der Waals surface area contributed by atoms with Gasteiger partial charge in [-0.3, -0.25) is 0 Å². The zero-order valence-corrected chi connectivity index (χ0v) is 11.8. The minimum atomic E-state index is -0.0617. The molecular weight excluding hydrogens is 258 g/mol. The van der Waals surface area contributed by atoms with Gasteiger partial charge in [0.15, 0.2) is 5.65 Å².